The minimum atomic E-state index is -3.11. The van der Waals surface area contributed by atoms with Gasteiger partial charge in [-0.2, -0.15) is 0 Å². The maximum atomic E-state index is 12.7. The van der Waals surface area contributed by atoms with Crippen LogP contribution >= 0.6 is 7.60 Å². The second kappa shape index (κ2) is 9.10. The quantitative estimate of drug-likeness (QED) is 0.502. The van der Waals surface area contributed by atoms with Crippen LogP contribution in [-0.2, 0) is 20.0 Å². The SMILES string of the molecule is CCCCC1=CP(=O)(OCC)OC(CCCc2ccccc2)=C1. The van der Waals surface area contributed by atoms with Crippen molar-refractivity contribution in [2.75, 3.05) is 6.61 Å². The van der Waals surface area contributed by atoms with Gasteiger partial charge in [-0.1, -0.05) is 43.7 Å². The van der Waals surface area contributed by atoms with E-state index in [-0.39, 0.29) is 0 Å². The Morgan fingerprint density at radius 3 is 2.52 bits per heavy atom. The zero-order chi connectivity index (χ0) is 16.5. The number of aryl methyl sites for hydroxylation is 1. The molecule has 1 atom stereocenters. The van der Waals surface area contributed by atoms with Crippen LogP contribution in [0.4, 0.5) is 0 Å². The zero-order valence-corrected chi connectivity index (χ0v) is 15.1. The number of hydrogen-bond acceptors (Lipinski definition) is 3. The molecular formula is C19H27O3P. The van der Waals surface area contributed by atoms with Crippen LogP contribution in [0.25, 0.3) is 0 Å². The highest BCUT2D eigenvalue weighted by Gasteiger charge is 2.27. The highest BCUT2D eigenvalue weighted by Crippen LogP contribution is 2.55. The molecule has 1 aromatic rings. The molecule has 2 rings (SSSR count). The van der Waals surface area contributed by atoms with Crippen LogP contribution in [0.1, 0.15) is 51.5 Å². The number of unbranched alkanes of at least 4 members (excludes halogenated alkanes) is 1. The van der Waals surface area contributed by atoms with Gasteiger partial charge in [-0.3, -0.25) is 4.52 Å². The van der Waals surface area contributed by atoms with E-state index in [1.807, 2.05) is 13.0 Å². The van der Waals surface area contributed by atoms with Crippen molar-refractivity contribution in [1.82, 2.24) is 0 Å². The lowest BCUT2D eigenvalue weighted by molar-refractivity contribution is 0.251. The summed E-state index contributed by atoms with van der Waals surface area (Å²) in [5.41, 5.74) is 2.41. The van der Waals surface area contributed by atoms with E-state index in [0.29, 0.717) is 6.61 Å². The molecule has 1 aliphatic rings. The molecule has 0 N–H and O–H groups in total. The second-order valence-electron chi connectivity index (χ2n) is 5.81. The molecule has 0 aliphatic carbocycles. The predicted octanol–water partition coefficient (Wildman–Crippen LogP) is 6.23. The Kier molecular flexibility index (Phi) is 7.14. The van der Waals surface area contributed by atoms with Crippen molar-refractivity contribution >= 4 is 7.60 Å². The number of hydrogen-bond donors (Lipinski definition) is 0. The van der Waals surface area contributed by atoms with Gasteiger partial charge in [-0.15, -0.1) is 0 Å². The van der Waals surface area contributed by atoms with Gasteiger partial charge in [0.1, 0.15) is 5.76 Å². The molecule has 0 saturated heterocycles. The van der Waals surface area contributed by atoms with Crippen molar-refractivity contribution in [2.24, 2.45) is 0 Å². The van der Waals surface area contributed by atoms with Gasteiger partial charge < -0.3 is 4.52 Å². The maximum Gasteiger partial charge on any atom is 0.403 e. The predicted molar refractivity (Wildman–Crippen MR) is 95.4 cm³/mol. The van der Waals surface area contributed by atoms with E-state index in [9.17, 15) is 4.57 Å². The highest BCUT2D eigenvalue weighted by atomic mass is 31.2. The number of rotatable bonds is 9. The normalized spacial score (nSPS) is 20.6. The first kappa shape index (κ1) is 18.0. The van der Waals surface area contributed by atoms with Crippen LogP contribution < -0.4 is 0 Å². The van der Waals surface area contributed by atoms with Gasteiger partial charge in [-0.25, -0.2) is 4.57 Å². The Bertz CT molecular complexity index is 590. The van der Waals surface area contributed by atoms with Gasteiger partial charge in [0, 0.05) is 12.2 Å². The minimum absolute atomic E-state index is 0.395. The first-order chi connectivity index (χ1) is 11.1. The third-order valence-electron chi connectivity index (χ3n) is 3.77. The smallest absolute Gasteiger partial charge is 0.403 e. The van der Waals surface area contributed by atoms with Crippen molar-refractivity contribution in [3.8, 4) is 0 Å². The minimum Gasteiger partial charge on any atom is -0.426 e. The van der Waals surface area contributed by atoms with Gasteiger partial charge in [-0.05, 0) is 49.8 Å². The average molecular weight is 334 g/mol. The van der Waals surface area contributed by atoms with E-state index in [4.69, 9.17) is 9.05 Å². The topological polar surface area (TPSA) is 35.5 Å². The molecule has 0 aromatic heterocycles. The lowest BCUT2D eigenvalue weighted by Crippen LogP contribution is -2.02. The van der Waals surface area contributed by atoms with E-state index in [1.54, 1.807) is 5.82 Å². The standard InChI is InChI=1S/C19H27O3P/c1-3-5-10-18-15-19(22-23(20,16-18)21-4-2)14-9-13-17-11-7-6-8-12-17/h6-8,11-12,15-16H,3-5,9-10,13-14H2,1-2H3. The lowest BCUT2D eigenvalue weighted by atomic mass is 10.1. The van der Waals surface area contributed by atoms with Crippen LogP contribution in [0.2, 0.25) is 0 Å². The summed E-state index contributed by atoms with van der Waals surface area (Å²) in [7, 11) is -3.11. The summed E-state index contributed by atoms with van der Waals surface area (Å²) >= 11 is 0. The molecule has 1 heterocycles. The Balaban J connectivity index is 1.97. The molecule has 3 nitrogen and oxygen atoms in total. The third-order valence-corrected chi connectivity index (χ3v) is 5.53. The van der Waals surface area contributed by atoms with E-state index in [2.05, 4.69) is 37.3 Å². The van der Waals surface area contributed by atoms with Crippen molar-refractivity contribution in [3.63, 3.8) is 0 Å². The van der Waals surface area contributed by atoms with Crippen LogP contribution in [0.3, 0.4) is 0 Å². The first-order valence-corrected chi connectivity index (χ1v) is 10.2. The third kappa shape index (κ3) is 6.01. The maximum absolute atomic E-state index is 12.7. The van der Waals surface area contributed by atoms with Crippen LogP contribution in [0, 0.1) is 0 Å². The van der Waals surface area contributed by atoms with E-state index in [1.165, 1.54) is 5.56 Å². The fourth-order valence-corrected chi connectivity index (χ4v) is 4.27. The Labute approximate surface area is 139 Å². The fourth-order valence-electron chi connectivity index (χ4n) is 2.65. The van der Waals surface area contributed by atoms with Gasteiger partial charge in [0.05, 0.1) is 6.61 Å². The molecule has 0 bridgehead atoms. The van der Waals surface area contributed by atoms with E-state index in [0.717, 1.165) is 49.9 Å². The highest BCUT2D eigenvalue weighted by molar-refractivity contribution is 7.57. The van der Waals surface area contributed by atoms with Gasteiger partial charge in [0.2, 0.25) is 0 Å². The van der Waals surface area contributed by atoms with Crippen molar-refractivity contribution in [3.05, 3.63) is 59.1 Å². The van der Waals surface area contributed by atoms with Crippen molar-refractivity contribution in [1.29, 1.82) is 0 Å². The summed E-state index contributed by atoms with van der Waals surface area (Å²) in [5, 5.41) is 0. The number of allylic oxidation sites excluding steroid dienone is 3. The van der Waals surface area contributed by atoms with Gasteiger partial charge in [0.15, 0.2) is 0 Å². The molecule has 1 aromatic carbocycles. The molecule has 0 spiro atoms. The Hall–Kier alpha value is -1.31. The molecule has 4 heteroatoms. The molecular weight excluding hydrogens is 307 g/mol. The van der Waals surface area contributed by atoms with Gasteiger partial charge >= 0.3 is 7.60 Å². The molecule has 1 unspecified atom stereocenters. The molecule has 126 valence electrons. The molecule has 23 heavy (non-hydrogen) atoms. The molecule has 0 radical (unpaired) electrons. The summed E-state index contributed by atoms with van der Waals surface area (Å²) in [6.07, 6.45) is 7.95. The second-order valence-corrected chi connectivity index (χ2v) is 7.58. The van der Waals surface area contributed by atoms with Gasteiger partial charge in [0.25, 0.3) is 0 Å². The first-order valence-electron chi connectivity index (χ1n) is 8.55. The van der Waals surface area contributed by atoms with Crippen molar-refractivity contribution in [2.45, 2.75) is 52.4 Å². The molecule has 0 saturated carbocycles. The van der Waals surface area contributed by atoms with Crippen molar-refractivity contribution < 1.29 is 13.6 Å². The fraction of sp³-hybridized carbons (Fsp3) is 0.474. The van der Waals surface area contributed by atoms with Crippen LogP contribution in [0.15, 0.2) is 53.6 Å². The molecule has 0 fully saturated rings. The lowest BCUT2D eigenvalue weighted by Gasteiger charge is -2.23. The van der Waals surface area contributed by atoms with Crippen LogP contribution in [-0.4, -0.2) is 6.61 Å². The molecule has 1 aliphatic heterocycles. The zero-order valence-electron chi connectivity index (χ0n) is 14.2. The summed E-state index contributed by atoms with van der Waals surface area (Å²) in [6, 6.07) is 10.4. The number of benzene rings is 1. The summed E-state index contributed by atoms with van der Waals surface area (Å²) in [5.74, 6) is 2.50. The summed E-state index contributed by atoms with van der Waals surface area (Å²) < 4.78 is 23.8. The van der Waals surface area contributed by atoms with Crippen LogP contribution in [0.5, 0.6) is 0 Å². The largest absolute Gasteiger partial charge is 0.426 e. The average Bonchev–Trinajstić information content (AvgIpc) is 2.53. The monoisotopic (exact) mass is 334 g/mol. The molecule has 0 amide bonds. The summed E-state index contributed by atoms with van der Waals surface area (Å²) in [6.45, 7) is 4.40. The summed E-state index contributed by atoms with van der Waals surface area (Å²) in [4.78, 5) is 0. The Morgan fingerprint density at radius 2 is 1.83 bits per heavy atom. The Morgan fingerprint density at radius 1 is 1.04 bits per heavy atom. The van der Waals surface area contributed by atoms with E-state index < -0.39 is 7.60 Å². The van der Waals surface area contributed by atoms with E-state index >= 15 is 0 Å².